The molecule has 2 fully saturated rings. The molecule has 0 amide bonds. The predicted octanol–water partition coefficient (Wildman–Crippen LogP) is 5.19. The number of carbonyl (C=O) groups is 1. The first kappa shape index (κ1) is 33.1. The van der Waals surface area contributed by atoms with Crippen LogP contribution in [0.2, 0.25) is 0 Å². The molecular formula is C32H38F3N3O6S. The molecule has 45 heavy (non-hydrogen) atoms. The van der Waals surface area contributed by atoms with Gasteiger partial charge in [0.05, 0.1) is 55.0 Å². The molecule has 9 nitrogen and oxygen atoms in total. The van der Waals surface area contributed by atoms with Crippen LogP contribution in [0.5, 0.6) is 5.75 Å². The number of halogens is 3. The number of sulfone groups is 1. The maximum absolute atomic E-state index is 13.8. The zero-order chi connectivity index (χ0) is 32.5. The molecule has 13 heteroatoms. The first-order valence-electron chi connectivity index (χ1n) is 14.9. The third-order valence-corrected chi connectivity index (χ3v) is 10.8. The number of nitrogens with zero attached hydrogens (tertiary/aromatic N) is 3. The summed E-state index contributed by atoms with van der Waals surface area (Å²) in [6.07, 6.45) is -2.84. The normalized spacial score (nSPS) is 17.6. The Bertz CT molecular complexity index is 1660. The van der Waals surface area contributed by atoms with Crippen molar-refractivity contribution in [3.05, 3.63) is 53.1 Å². The lowest BCUT2D eigenvalue weighted by Gasteiger charge is -2.40. The van der Waals surface area contributed by atoms with Crippen molar-refractivity contribution in [1.82, 2.24) is 14.8 Å². The smallest absolute Gasteiger partial charge is 0.416 e. The zero-order valence-corrected chi connectivity index (χ0v) is 26.6. The second kappa shape index (κ2) is 13.2. The topological polar surface area (TPSA) is 98.3 Å². The molecule has 5 rings (SSSR count). The fourth-order valence-corrected chi connectivity index (χ4v) is 7.34. The van der Waals surface area contributed by atoms with Gasteiger partial charge in [-0.15, -0.1) is 0 Å². The van der Waals surface area contributed by atoms with Crippen LogP contribution in [0.3, 0.4) is 0 Å². The van der Waals surface area contributed by atoms with Crippen molar-refractivity contribution >= 4 is 26.7 Å². The van der Waals surface area contributed by atoms with E-state index >= 15 is 0 Å². The van der Waals surface area contributed by atoms with Crippen molar-refractivity contribution in [3.63, 3.8) is 0 Å². The van der Waals surface area contributed by atoms with E-state index in [0.29, 0.717) is 37.9 Å². The quantitative estimate of drug-likeness (QED) is 0.305. The van der Waals surface area contributed by atoms with Crippen molar-refractivity contribution in [2.45, 2.75) is 55.6 Å². The van der Waals surface area contributed by atoms with Crippen LogP contribution in [0.1, 0.15) is 48.2 Å². The number of esters is 1. The first-order chi connectivity index (χ1) is 21.3. The van der Waals surface area contributed by atoms with Gasteiger partial charge in [0, 0.05) is 48.3 Å². The predicted molar refractivity (Wildman–Crippen MR) is 163 cm³/mol. The number of fused-ring (bicyclic) bond motifs is 1. The number of likely N-dealkylation sites (tertiary alicyclic amines) is 1. The number of hydrogen-bond acceptors (Lipinski definition) is 9. The van der Waals surface area contributed by atoms with Gasteiger partial charge in [-0.3, -0.25) is 9.80 Å². The van der Waals surface area contributed by atoms with Crippen LogP contribution >= 0.6 is 0 Å². The molecule has 0 atom stereocenters. The van der Waals surface area contributed by atoms with Crippen molar-refractivity contribution in [2.75, 3.05) is 53.6 Å². The van der Waals surface area contributed by atoms with Gasteiger partial charge in [0.15, 0.2) is 9.84 Å². The summed E-state index contributed by atoms with van der Waals surface area (Å²) in [4.78, 5) is 22.8. The molecule has 0 saturated carbocycles. The number of rotatable bonds is 8. The average molecular weight is 650 g/mol. The van der Waals surface area contributed by atoms with E-state index in [-0.39, 0.29) is 44.9 Å². The van der Waals surface area contributed by atoms with Crippen LogP contribution in [0.4, 0.5) is 13.2 Å². The molecule has 0 spiro atoms. The van der Waals surface area contributed by atoms with Gasteiger partial charge in [0.1, 0.15) is 10.6 Å². The molecule has 1 aromatic heterocycles. The maximum Gasteiger partial charge on any atom is 0.416 e. The first-order valence-corrected chi connectivity index (χ1v) is 16.5. The molecule has 244 valence electrons. The second-order valence-electron chi connectivity index (χ2n) is 11.7. The number of morpholine rings is 1. The van der Waals surface area contributed by atoms with Crippen molar-refractivity contribution in [1.29, 1.82) is 0 Å². The van der Waals surface area contributed by atoms with Gasteiger partial charge in [0.2, 0.25) is 0 Å². The van der Waals surface area contributed by atoms with Gasteiger partial charge >= 0.3 is 12.1 Å². The van der Waals surface area contributed by atoms with E-state index < -0.39 is 32.8 Å². The maximum atomic E-state index is 13.8. The molecule has 2 aliphatic heterocycles. The molecule has 0 N–H and O–H groups in total. The summed E-state index contributed by atoms with van der Waals surface area (Å²) < 4.78 is 84.2. The minimum atomic E-state index is -4.59. The Morgan fingerprint density at radius 2 is 1.76 bits per heavy atom. The fraction of sp³-hybridized carbons (Fsp3) is 0.500. The second-order valence-corrected chi connectivity index (χ2v) is 14.1. The van der Waals surface area contributed by atoms with E-state index in [4.69, 9.17) is 19.2 Å². The molecule has 2 aliphatic rings. The summed E-state index contributed by atoms with van der Waals surface area (Å²) in [6, 6.07) is 7.98. The molecule has 0 radical (unpaired) electrons. The Balaban J connectivity index is 1.69. The highest BCUT2D eigenvalue weighted by Gasteiger charge is 2.33. The number of ether oxygens (including phenoxy) is 3. The highest BCUT2D eigenvalue weighted by Crippen LogP contribution is 2.39. The summed E-state index contributed by atoms with van der Waals surface area (Å²) in [5, 5.41) is -0.564. The lowest BCUT2D eigenvalue weighted by Crippen LogP contribution is -2.48. The average Bonchev–Trinajstić information content (AvgIpc) is 3.03. The molecule has 0 bridgehead atoms. The summed E-state index contributed by atoms with van der Waals surface area (Å²) in [7, 11) is -1.32. The van der Waals surface area contributed by atoms with Crippen LogP contribution in [-0.2, 0) is 32.0 Å². The Labute approximate surface area is 261 Å². The van der Waals surface area contributed by atoms with E-state index in [9.17, 15) is 26.4 Å². The van der Waals surface area contributed by atoms with Crippen molar-refractivity contribution in [3.8, 4) is 17.0 Å². The lowest BCUT2D eigenvalue weighted by atomic mass is 9.94. The van der Waals surface area contributed by atoms with E-state index in [1.54, 1.807) is 13.8 Å². The Hall–Kier alpha value is -3.26. The van der Waals surface area contributed by atoms with Crippen LogP contribution in [0.25, 0.3) is 22.2 Å². The number of methoxy groups -OCH3 is 2. The van der Waals surface area contributed by atoms with E-state index in [2.05, 4.69) is 9.80 Å². The van der Waals surface area contributed by atoms with Crippen molar-refractivity contribution in [2.24, 2.45) is 0 Å². The Kier molecular flexibility index (Phi) is 9.73. The van der Waals surface area contributed by atoms with Gasteiger partial charge in [-0.05, 0) is 58.0 Å². The van der Waals surface area contributed by atoms with Crippen LogP contribution < -0.4 is 4.74 Å². The highest BCUT2D eigenvalue weighted by molar-refractivity contribution is 7.92. The fourth-order valence-electron chi connectivity index (χ4n) is 6.13. The van der Waals surface area contributed by atoms with Gasteiger partial charge in [-0.1, -0.05) is 12.1 Å². The zero-order valence-electron chi connectivity index (χ0n) is 25.8. The Morgan fingerprint density at radius 3 is 2.36 bits per heavy atom. The van der Waals surface area contributed by atoms with Crippen LogP contribution in [0, 0.1) is 0 Å². The number of alkyl halides is 3. The van der Waals surface area contributed by atoms with E-state index in [1.807, 2.05) is 0 Å². The minimum absolute atomic E-state index is 0.0208. The molecule has 0 unspecified atom stereocenters. The van der Waals surface area contributed by atoms with Gasteiger partial charge in [-0.2, -0.15) is 13.2 Å². The number of hydrogen-bond donors (Lipinski definition) is 0. The third kappa shape index (κ3) is 6.81. The van der Waals surface area contributed by atoms with Gasteiger partial charge < -0.3 is 14.2 Å². The summed E-state index contributed by atoms with van der Waals surface area (Å²) in [6.45, 7) is 7.81. The molecule has 2 saturated heterocycles. The van der Waals surface area contributed by atoms with Crippen LogP contribution in [0.15, 0.2) is 41.3 Å². The van der Waals surface area contributed by atoms with E-state index in [0.717, 1.165) is 38.1 Å². The summed E-state index contributed by atoms with van der Waals surface area (Å²) in [5.74, 6) is -0.723. The van der Waals surface area contributed by atoms with Crippen molar-refractivity contribution < 1.29 is 40.6 Å². The monoisotopic (exact) mass is 649 g/mol. The van der Waals surface area contributed by atoms with Gasteiger partial charge in [0.25, 0.3) is 0 Å². The SMILES string of the molecule is COC(=O)c1c(CN2CCC(N3CCOCC3)CC2)c(-c2cccc(C(F)(F)F)c2)nc2cc(OC)c(S(=O)(=O)C(C)C)cc12. The molecule has 3 aromatic rings. The van der Waals surface area contributed by atoms with E-state index in [1.165, 1.54) is 38.5 Å². The molecule has 2 aromatic carbocycles. The number of pyridine rings is 1. The highest BCUT2D eigenvalue weighted by atomic mass is 32.2. The lowest BCUT2D eigenvalue weighted by molar-refractivity contribution is -0.137. The summed E-state index contributed by atoms with van der Waals surface area (Å²) >= 11 is 0. The standard InChI is InChI=1S/C32H38F3N3O6S/c1-20(2)45(40,41)28-17-24-26(18-27(28)42-3)36-30(21-6-5-7-22(16-21)32(33,34)35)25(29(24)31(39)43-4)19-37-10-8-23(9-11-37)38-12-14-44-15-13-38/h5-7,16-18,20,23H,8-15,19H2,1-4H3. The number of benzene rings is 2. The minimum Gasteiger partial charge on any atom is -0.495 e. The molecule has 0 aliphatic carbocycles. The number of piperidine rings is 1. The Morgan fingerprint density at radius 1 is 1.07 bits per heavy atom. The van der Waals surface area contributed by atoms with Gasteiger partial charge in [-0.25, -0.2) is 18.2 Å². The molecular weight excluding hydrogens is 611 g/mol. The summed E-state index contributed by atoms with van der Waals surface area (Å²) in [5.41, 5.74) is 0.135. The largest absolute Gasteiger partial charge is 0.495 e. The number of carbonyl (C=O) groups excluding carboxylic acids is 1. The number of aromatic nitrogens is 1. The third-order valence-electron chi connectivity index (χ3n) is 8.65. The van der Waals surface area contributed by atoms with Crippen LogP contribution in [-0.4, -0.2) is 94.1 Å². The molecule has 3 heterocycles.